The van der Waals surface area contributed by atoms with Gasteiger partial charge in [0.1, 0.15) is 22.5 Å². The Labute approximate surface area is 146 Å². The van der Waals surface area contributed by atoms with Crippen LogP contribution in [0.5, 0.6) is 5.75 Å². The number of alkyl halides is 1. The molecule has 0 aliphatic heterocycles. The van der Waals surface area contributed by atoms with Gasteiger partial charge in [-0.15, -0.1) is 11.6 Å². The van der Waals surface area contributed by atoms with E-state index in [-0.39, 0.29) is 22.8 Å². The number of carbonyl (C=O) groups excluding carboxylic acids is 1. The summed E-state index contributed by atoms with van der Waals surface area (Å²) in [6, 6.07) is 12.0. The van der Waals surface area contributed by atoms with Gasteiger partial charge >= 0.3 is 17.6 Å². The van der Waals surface area contributed by atoms with Gasteiger partial charge in [-0.3, -0.25) is 0 Å². The van der Waals surface area contributed by atoms with Crippen molar-refractivity contribution in [3.8, 4) is 5.75 Å². The van der Waals surface area contributed by atoms with Gasteiger partial charge in [0.25, 0.3) is 0 Å². The minimum atomic E-state index is -1.25. The first-order chi connectivity index (χ1) is 12.0. The Hall–Kier alpha value is -3.12. The lowest BCUT2D eigenvalue weighted by molar-refractivity contribution is 0.0680. The van der Waals surface area contributed by atoms with E-state index in [1.165, 1.54) is 30.3 Å². The number of fused-ring (bicyclic) bond motifs is 1. The molecule has 7 heteroatoms. The van der Waals surface area contributed by atoms with Crippen molar-refractivity contribution in [1.82, 2.24) is 0 Å². The Morgan fingerprint density at radius 2 is 1.84 bits per heavy atom. The fourth-order valence-corrected chi connectivity index (χ4v) is 2.45. The number of esters is 1. The van der Waals surface area contributed by atoms with Crippen LogP contribution < -0.4 is 10.4 Å². The smallest absolute Gasteiger partial charge is 0.351 e. The van der Waals surface area contributed by atoms with Crippen LogP contribution >= 0.6 is 11.6 Å². The van der Waals surface area contributed by atoms with Gasteiger partial charge in [-0.1, -0.05) is 18.2 Å². The predicted molar refractivity (Wildman–Crippen MR) is 90.4 cm³/mol. The number of carboxylic acids is 1. The van der Waals surface area contributed by atoms with E-state index in [1.807, 2.05) is 0 Å². The van der Waals surface area contributed by atoms with Crippen molar-refractivity contribution in [2.75, 3.05) is 0 Å². The van der Waals surface area contributed by atoms with Gasteiger partial charge in [-0.25, -0.2) is 14.4 Å². The SMILES string of the molecule is O=C(O)c1ccccc1OC(=O)c1cc2cc(CCl)ccc2oc1=O. The number of hydrogen-bond acceptors (Lipinski definition) is 5. The third-order valence-corrected chi connectivity index (χ3v) is 3.80. The highest BCUT2D eigenvalue weighted by molar-refractivity contribution is 6.17. The van der Waals surface area contributed by atoms with E-state index < -0.39 is 17.6 Å². The molecule has 0 saturated carbocycles. The molecule has 25 heavy (non-hydrogen) atoms. The normalized spacial score (nSPS) is 10.6. The van der Waals surface area contributed by atoms with E-state index in [2.05, 4.69) is 0 Å². The highest BCUT2D eigenvalue weighted by Gasteiger charge is 2.19. The molecule has 1 aromatic heterocycles. The molecule has 0 amide bonds. The zero-order chi connectivity index (χ0) is 18.0. The molecule has 3 aromatic rings. The fraction of sp³-hybridized carbons (Fsp3) is 0.0556. The topological polar surface area (TPSA) is 93.8 Å². The first-order valence-corrected chi connectivity index (χ1v) is 7.70. The molecule has 1 heterocycles. The molecular weight excluding hydrogens is 348 g/mol. The van der Waals surface area contributed by atoms with Crippen LogP contribution in [0.25, 0.3) is 11.0 Å². The standard InChI is InChI=1S/C18H11ClO6/c19-9-10-5-6-14-11(7-10)8-13(17(22)24-14)18(23)25-15-4-2-1-3-12(15)16(20)21/h1-8H,9H2,(H,20,21). The van der Waals surface area contributed by atoms with E-state index in [0.717, 1.165) is 5.56 Å². The van der Waals surface area contributed by atoms with E-state index in [4.69, 9.17) is 25.9 Å². The van der Waals surface area contributed by atoms with E-state index in [1.54, 1.807) is 18.2 Å². The number of aromatic carboxylic acids is 1. The lowest BCUT2D eigenvalue weighted by atomic mass is 10.1. The maximum Gasteiger partial charge on any atom is 0.351 e. The quantitative estimate of drug-likeness (QED) is 0.332. The second-order valence-electron chi connectivity index (χ2n) is 5.14. The summed E-state index contributed by atoms with van der Waals surface area (Å²) in [5.74, 6) is -2.14. The van der Waals surface area contributed by atoms with Crippen LogP contribution in [0.1, 0.15) is 26.3 Å². The molecule has 2 aromatic carbocycles. The Morgan fingerprint density at radius 1 is 1.08 bits per heavy atom. The van der Waals surface area contributed by atoms with Crippen LogP contribution in [0, 0.1) is 0 Å². The molecule has 1 N–H and O–H groups in total. The largest absolute Gasteiger partial charge is 0.478 e. The number of halogens is 1. The van der Waals surface area contributed by atoms with Crippen LogP contribution in [0.15, 0.2) is 57.7 Å². The van der Waals surface area contributed by atoms with Gasteiger partial charge in [-0.05, 0) is 35.9 Å². The van der Waals surface area contributed by atoms with Crippen molar-refractivity contribution in [2.45, 2.75) is 5.88 Å². The Balaban J connectivity index is 2.01. The van der Waals surface area contributed by atoms with Crippen LogP contribution in [-0.4, -0.2) is 17.0 Å². The highest BCUT2D eigenvalue weighted by Crippen LogP contribution is 2.21. The zero-order valence-electron chi connectivity index (χ0n) is 12.7. The summed E-state index contributed by atoms with van der Waals surface area (Å²) >= 11 is 5.78. The maximum atomic E-state index is 12.3. The number of carboxylic acid groups (broad SMARTS) is 1. The molecule has 0 unspecified atom stereocenters. The Kier molecular flexibility index (Phi) is 4.54. The molecule has 0 atom stereocenters. The first kappa shape index (κ1) is 16.7. The van der Waals surface area contributed by atoms with Gasteiger partial charge in [0, 0.05) is 11.3 Å². The minimum absolute atomic E-state index is 0.158. The summed E-state index contributed by atoms with van der Waals surface area (Å²) in [6.45, 7) is 0. The third kappa shape index (κ3) is 3.39. The molecule has 0 bridgehead atoms. The molecule has 0 aliphatic carbocycles. The molecule has 3 rings (SSSR count). The summed E-state index contributed by atoms with van der Waals surface area (Å²) in [6.07, 6.45) is 0. The van der Waals surface area contributed by atoms with Crippen LogP contribution in [0.2, 0.25) is 0 Å². The highest BCUT2D eigenvalue weighted by atomic mass is 35.5. The molecule has 0 spiro atoms. The summed E-state index contributed by atoms with van der Waals surface area (Å²) < 4.78 is 10.2. The first-order valence-electron chi connectivity index (χ1n) is 7.17. The van der Waals surface area contributed by atoms with E-state index in [0.29, 0.717) is 11.0 Å². The number of benzene rings is 2. The van der Waals surface area contributed by atoms with E-state index in [9.17, 15) is 14.4 Å². The third-order valence-electron chi connectivity index (χ3n) is 3.49. The number of hydrogen-bond donors (Lipinski definition) is 1. The maximum absolute atomic E-state index is 12.3. The van der Waals surface area contributed by atoms with Crippen LogP contribution in [0.4, 0.5) is 0 Å². The average Bonchev–Trinajstić information content (AvgIpc) is 2.61. The van der Waals surface area contributed by atoms with Gasteiger partial charge in [0.15, 0.2) is 0 Å². The monoisotopic (exact) mass is 358 g/mol. The second kappa shape index (κ2) is 6.78. The Bertz CT molecular complexity index is 1040. The second-order valence-corrected chi connectivity index (χ2v) is 5.41. The zero-order valence-corrected chi connectivity index (χ0v) is 13.4. The van der Waals surface area contributed by atoms with Gasteiger partial charge in [0.05, 0.1) is 0 Å². The summed E-state index contributed by atoms with van der Waals surface area (Å²) in [7, 11) is 0. The van der Waals surface area contributed by atoms with E-state index >= 15 is 0 Å². The van der Waals surface area contributed by atoms with Crippen molar-refractivity contribution < 1.29 is 23.8 Å². The molecule has 126 valence electrons. The van der Waals surface area contributed by atoms with Gasteiger partial charge in [0.2, 0.25) is 0 Å². The number of para-hydroxylation sites is 1. The van der Waals surface area contributed by atoms with Gasteiger partial charge < -0.3 is 14.3 Å². The van der Waals surface area contributed by atoms with Gasteiger partial charge in [-0.2, -0.15) is 0 Å². The molecule has 0 saturated heterocycles. The lowest BCUT2D eigenvalue weighted by Crippen LogP contribution is -2.19. The number of ether oxygens (including phenoxy) is 1. The minimum Gasteiger partial charge on any atom is -0.478 e. The molecule has 0 fully saturated rings. The summed E-state index contributed by atoms with van der Waals surface area (Å²) in [5, 5.41) is 9.63. The number of rotatable bonds is 4. The number of carbonyl (C=O) groups is 2. The lowest BCUT2D eigenvalue weighted by Gasteiger charge is -2.07. The molecule has 6 nitrogen and oxygen atoms in total. The van der Waals surface area contributed by atoms with Crippen molar-refractivity contribution in [2.24, 2.45) is 0 Å². The van der Waals surface area contributed by atoms with Crippen molar-refractivity contribution in [1.29, 1.82) is 0 Å². The predicted octanol–water partition coefficient (Wildman–Crippen LogP) is 3.45. The van der Waals surface area contributed by atoms with Crippen molar-refractivity contribution >= 4 is 34.5 Å². The molecule has 0 radical (unpaired) electrons. The fourth-order valence-electron chi connectivity index (χ4n) is 2.29. The Morgan fingerprint density at radius 3 is 2.56 bits per heavy atom. The average molecular weight is 359 g/mol. The van der Waals surface area contributed by atoms with Crippen LogP contribution in [0.3, 0.4) is 0 Å². The molecular formula is C18H11ClO6. The van der Waals surface area contributed by atoms with Crippen molar-refractivity contribution in [3.05, 3.63) is 75.6 Å². The summed E-state index contributed by atoms with van der Waals surface area (Å²) in [5.41, 5.74) is -0.297. The van der Waals surface area contributed by atoms with Crippen LogP contribution in [-0.2, 0) is 5.88 Å². The van der Waals surface area contributed by atoms with Crippen molar-refractivity contribution in [3.63, 3.8) is 0 Å². The summed E-state index contributed by atoms with van der Waals surface area (Å²) in [4.78, 5) is 35.5. The molecule has 0 aliphatic rings.